The number of hydrogen-bond donors (Lipinski definition) is 2. The summed E-state index contributed by atoms with van der Waals surface area (Å²) in [7, 11) is 0. The summed E-state index contributed by atoms with van der Waals surface area (Å²) >= 11 is 0. The van der Waals surface area contributed by atoms with Crippen LogP contribution >= 0.6 is 0 Å². The van der Waals surface area contributed by atoms with Crippen molar-refractivity contribution in [3.05, 3.63) is 0 Å². The second-order valence-electron chi connectivity index (χ2n) is 3.67. The fourth-order valence-corrected chi connectivity index (χ4v) is 1.72. The number of ether oxygens (including phenoxy) is 1. The zero-order valence-electron chi connectivity index (χ0n) is 8.43. The van der Waals surface area contributed by atoms with Crippen molar-refractivity contribution in [1.82, 2.24) is 5.32 Å². The summed E-state index contributed by atoms with van der Waals surface area (Å²) in [5, 5.41) is 3.29. The molecule has 1 fully saturated rings. The van der Waals surface area contributed by atoms with Crippen LogP contribution < -0.4 is 11.1 Å². The second-order valence-corrected chi connectivity index (χ2v) is 3.67. The predicted octanol–water partition coefficient (Wildman–Crippen LogP) is 0.884. The van der Waals surface area contributed by atoms with Gasteiger partial charge in [0.1, 0.15) is 0 Å². The van der Waals surface area contributed by atoms with Crippen LogP contribution in [0.2, 0.25) is 0 Å². The summed E-state index contributed by atoms with van der Waals surface area (Å²) in [5.74, 6) is 0. The number of rotatable bonds is 6. The molecule has 0 aliphatic carbocycles. The molecule has 0 aromatic carbocycles. The molecule has 1 aliphatic rings. The summed E-state index contributed by atoms with van der Waals surface area (Å²) in [5.41, 5.74) is 5.37. The van der Waals surface area contributed by atoms with Crippen molar-refractivity contribution in [3.63, 3.8) is 0 Å². The van der Waals surface area contributed by atoms with Crippen molar-refractivity contribution in [2.24, 2.45) is 5.73 Å². The van der Waals surface area contributed by atoms with E-state index in [1.807, 2.05) is 0 Å². The van der Waals surface area contributed by atoms with Gasteiger partial charge in [0.2, 0.25) is 0 Å². The van der Waals surface area contributed by atoms with E-state index >= 15 is 0 Å². The lowest BCUT2D eigenvalue weighted by molar-refractivity contribution is 0.0102. The Kier molecular flexibility index (Phi) is 6.15. The molecule has 3 nitrogen and oxygen atoms in total. The van der Waals surface area contributed by atoms with Crippen LogP contribution in [0.25, 0.3) is 0 Å². The highest BCUT2D eigenvalue weighted by Gasteiger charge is 2.12. The molecule has 0 aromatic heterocycles. The highest BCUT2D eigenvalue weighted by atomic mass is 16.5. The van der Waals surface area contributed by atoms with Crippen molar-refractivity contribution < 1.29 is 4.74 Å². The number of hydrogen-bond acceptors (Lipinski definition) is 3. The second kappa shape index (κ2) is 7.30. The van der Waals surface area contributed by atoms with Gasteiger partial charge in [0.25, 0.3) is 0 Å². The molecule has 1 atom stereocenters. The molecule has 1 aliphatic heterocycles. The molecule has 0 amide bonds. The van der Waals surface area contributed by atoms with Crippen molar-refractivity contribution in [1.29, 1.82) is 0 Å². The molecule has 13 heavy (non-hydrogen) atoms. The SMILES string of the molecule is NCCNCCCC1CCCCO1. The molecule has 0 spiro atoms. The monoisotopic (exact) mass is 186 g/mol. The molecular weight excluding hydrogens is 164 g/mol. The minimum absolute atomic E-state index is 0.536. The van der Waals surface area contributed by atoms with E-state index in [0.29, 0.717) is 6.10 Å². The van der Waals surface area contributed by atoms with Gasteiger partial charge in [0.05, 0.1) is 6.10 Å². The van der Waals surface area contributed by atoms with Crippen LogP contribution in [0, 0.1) is 0 Å². The van der Waals surface area contributed by atoms with Crippen LogP contribution in [0.3, 0.4) is 0 Å². The Balaban J connectivity index is 1.86. The lowest BCUT2D eigenvalue weighted by Gasteiger charge is -2.22. The maximum atomic E-state index is 5.63. The third-order valence-corrected chi connectivity index (χ3v) is 2.47. The summed E-state index contributed by atoms with van der Waals surface area (Å²) in [6.45, 7) is 3.73. The van der Waals surface area contributed by atoms with E-state index in [-0.39, 0.29) is 0 Å². The molecule has 0 saturated carbocycles. The lowest BCUT2D eigenvalue weighted by atomic mass is 10.0. The minimum Gasteiger partial charge on any atom is -0.378 e. The molecule has 0 aromatic rings. The summed E-state index contributed by atoms with van der Waals surface area (Å²) in [4.78, 5) is 0. The fourth-order valence-electron chi connectivity index (χ4n) is 1.72. The Morgan fingerprint density at radius 2 is 2.23 bits per heavy atom. The van der Waals surface area contributed by atoms with Crippen LogP contribution in [0.5, 0.6) is 0 Å². The maximum absolute atomic E-state index is 5.63. The highest BCUT2D eigenvalue weighted by Crippen LogP contribution is 2.16. The smallest absolute Gasteiger partial charge is 0.0575 e. The normalized spacial score (nSPS) is 23.3. The summed E-state index contributed by atoms with van der Waals surface area (Å²) in [6.07, 6.45) is 6.82. The van der Waals surface area contributed by atoms with E-state index in [4.69, 9.17) is 10.5 Å². The van der Waals surface area contributed by atoms with Gasteiger partial charge in [-0.05, 0) is 38.6 Å². The van der Waals surface area contributed by atoms with Gasteiger partial charge in [-0.3, -0.25) is 0 Å². The number of nitrogens with one attached hydrogen (secondary N) is 1. The topological polar surface area (TPSA) is 47.3 Å². The average molecular weight is 186 g/mol. The van der Waals surface area contributed by atoms with Gasteiger partial charge in [-0.1, -0.05) is 0 Å². The van der Waals surface area contributed by atoms with Crippen LogP contribution in [0.15, 0.2) is 0 Å². The van der Waals surface area contributed by atoms with Gasteiger partial charge in [-0.25, -0.2) is 0 Å². The molecular formula is C10H22N2O. The molecule has 1 rings (SSSR count). The van der Waals surface area contributed by atoms with E-state index < -0.39 is 0 Å². The molecule has 3 N–H and O–H groups in total. The van der Waals surface area contributed by atoms with Gasteiger partial charge < -0.3 is 15.8 Å². The lowest BCUT2D eigenvalue weighted by Crippen LogP contribution is -2.25. The Bertz CT molecular complexity index is 113. The standard InChI is InChI=1S/C10H22N2O/c11-6-8-12-7-3-5-10-4-1-2-9-13-10/h10,12H,1-9,11H2. The van der Waals surface area contributed by atoms with E-state index in [1.165, 1.54) is 32.1 Å². The Labute approximate surface area is 81.0 Å². The van der Waals surface area contributed by atoms with E-state index in [1.54, 1.807) is 0 Å². The molecule has 1 unspecified atom stereocenters. The first-order valence-corrected chi connectivity index (χ1v) is 5.46. The van der Waals surface area contributed by atoms with Crippen molar-refractivity contribution in [2.75, 3.05) is 26.2 Å². The summed E-state index contributed by atoms with van der Waals surface area (Å²) in [6, 6.07) is 0. The van der Waals surface area contributed by atoms with Crippen LogP contribution in [0.1, 0.15) is 32.1 Å². The molecule has 78 valence electrons. The molecule has 1 saturated heterocycles. The average Bonchev–Trinajstić information content (AvgIpc) is 2.19. The van der Waals surface area contributed by atoms with Gasteiger partial charge in [0, 0.05) is 19.7 Å². The fraction of sp³-hybridized carbons (Fsp3) is 1.00. The predicted molar refractivity (Wildman–Crippen MR) is 54.7 cm³/mol. The van der Waals surface area contributed by atoms with Crippen molar-refractivity contribution in [2.45, 2.75) is 38.2 Å². The quantitative estimate of drug-likeness (QED) is 0.605. The van der Waals surface area contributed by atoms with Gasteiger partial charge in [-0.15, -0.1) is 0 Å². The summed E-state index contributed by atoms with van der Waals surface area (Å²) < 4.78 is 5.63. The highest BCUT2D eigenvalue weighted by molar-refractivity contribution is 4.64. The van der Waals surface area contributed by atoms with Crippen molar-refractivity contribution in [3.8, 4) is 0 Å². The van der Waals surface area contributed by atoms with E-state index in [9.17, 15) is 0 Å². The Morgan fingerprint density at radius 1 is 1.31 bits per heavy atom. The van der Waals surface area contributed by atoms with E-state index in [0.717, 1.165) is 26.2 Å². The zero-order valence-corrected chi connectivity index (χ0v) is 8.43. The largest absolute Gasteiger partial charge is 0.378 e. The zero-order chi connectivity index (χ0) is 9.36. The van der Waals surface area contributed by atoms with Gasteiger partial charge >= 0.3 is 0 Å². The van der Waals surface area contributed by atoms with Gasteiger partial charge in [0.15, 0.2) is 0 Å². The Hall–Kier alpha value is -0.120. The molecule has 3 heteroatoms. The van der Waals surface area contributed by atoms with Crippen LogP contribution in [0.4, 0.5) is 0 Å². The Morgan fingerprint density at radius 3 is 2.92 bits per heavy atom. The minimum atomic E-state index is 0.536. The first kappa shape index (κ1) is 11.0. The van der Waals surface area contributed by atoms with Crippen LogP contribution in [-0.2, 0) is 4.74 Å². The van der Waals surface area contributed by atoms with Gasteiger partial charge in [-0.2, -0.15) is 0 Å². The van der Waals surface area contributed by atoms with Crippen LogP contribution in [-0.4, -0.2) is 32.3 Å². The molecule has 0 bridgehead atoms. The molecule has 1 heterocycles. The van der Waals surface area contributed by atoms with E-state index in [2.05, 4.69) is 5.32 Å². The number of nitrogens with two attached hydrogens (primary N) is 1. The third-order valence-electron chi connectivity index (χ3n) is 2.47. The third kappa shape index (κ3) is 5.24. The van der Waals surface area contributed by atoms with Crippen molar-refractivity contribution >= 4 is 0 Å². The molecule has 0 radical (unpaired) electrons. The first-order valence-electron chi connectivity index (χ1n) is 5.46. The first-order chi connectivity index (χ1) is 6.43. The maximum Gasteiger partial charge on any atom is 0.0575 e.